The average Bonchev–Trinajstić information content (AvgIpc) is 2.96. The number of nitrogen functional groups attached to an aromatic ring is 1. The first-order chi connectivity index (χ1) is 19.2. The van der Waals surface area contributed by atoms with Crippen LogP contribution in [0.1, 0.15) is 94.8 Å². The smallest absolute Gasteiger partial charge is 0.351 e. The van der Waals surface area contributed by atoms with E-state index in [0.717, 1.165) is 51.7 Å². The highest BCUT2D eigenvalue weighted by Gasteiger charge is 2.34. The van der Waals surface area contributed by atoms with Gasteiger partial charge in [-0.25, -0.2) is 4.79 Å². The number of anilines is 1. The third kappa shape index (κ3) is 12.1. The van der Waals surface area contributed by atoms with Crippen LogP contribution < -0.4 is 15.7 Å². The number of carboxylic acid groups (broad SMARTS) is 2. The molecule has 6 N–H and O–H groups in total. The standard InChI is InChI=1S/C28H46N4O2.C2H2O4.H2O/c1-3-30(4-2)20-11-21-31(28(34)23-16-18-24(29)19-17-23)22-27(33)32(25-12-7-5-8-13-25)26-14-9-6-10-15-26;3-1(4)2(5)6;/h16-19,25-26H,3-15,20-22,29H2,1-2H3;(H,3,4)(H,5,6);1H2. The Morgan fingerprint density at radius 3 is 1.78 bits per heavy atom. The Morgan fingerprint density at radius 2 is 1.37 bits per heavy atom. The molecular weight excluding hydrogens is 528 g/mol. The SMILES string of the molecule is CC[NH+](CC)CCCN(CC(=O)N(C1CCCCC1)C1CCCCC1)C(=O)c1ccc(N)cc1.O.O=C([O-])C(=O)O. The lowest BCUT2D eigenvalue weighted by atomic mass is 9.88. The van der Waals surface area contributed by atoms with Gasteiger partial charge in [0.15, 0.2) is 5.97 Å². The maximum atomic E-state index is 13.9. The summed E-state index contributed by atoms with van der Waals surface area (Å²) in [6.07, 6.45) is 12.7. The van der Waals surface area contributed by atoms with Crippen LogP contribution in [-0.2, 0) is 14.4 Å². The fraction of sp³-hybridized carbons (Fsp3) is 0.667. The second-order valence-electron chi connectivity index (χ2n) is 10.9. The molecule has 11 nitrogen and oxygen atoms in total. The van der Waals surface area contributed by atoms with Crippen LogP contribution in [0.15, 0.2) is 24.3 Å². The zero-order chi connectivity index (χ0) is 29.5. The van der Waals surface area contributed by atoms with Gasteiger partial charge in [-0.3, -0.25) is 9.59 Å². The van der Waals surface area contributed by atoms with Gasteiger partial charge in [0.05, 0.1) is 19.6 Å². The molecule has 41 heavy (non-hydrogen) atoms. The summed E-state index contributed by atoms with van der Waals surface area (Å²) in [5, 5.41) is 16.3. The second-order valence-corrected chi connectivity index (χ2v) is 10.9. The molecule has 1 aromatic carbocycles. The van der Waals surface area contributed by atoms with E-state index in [4.69, 9.17) is 25.5 Å². The Bertz CT molecular complexity index is 911. The van der Waals surface area contributed by atoms with Gasteiger partial charge in [-0.2, -0.15) is 0 Å². The van der Waals surface area contributed by atoms with Gasteiger partial charge < -0.3 is 40.9 Å². The Kier molecular flexibility index (Phi) is 16.6. The van der Waals surface area contributed by atoms with E-state index < -0.39 is 11.9 Å². The maximum absolute atomic E-state index is 13.9. The van der Waals surface area contributed by atoms with E-state index in [9.17, 15) is 9.59 Å². The molecule has 0 heterocycles. The first-order valence-electron chi connectivity index (χ1n) is 14.9. The summed E-state index contributed by atoms with van der Waals surface area (Å²) in [6, 6.07) is 7.79. The van der Waals surface area contributed by atoms with Gasteiger partial charge in [0.1, 0.15) is 6.54 Å². The molecule has 0 spiro atoms. The molecule has 0 aliphatic heterocycles. The highest BCUT2D eigenvalue weighted by Crippen LogP contribution is 2.30. The lowest BCUT2D eigenvalue weighted by Gasteiger charge is -2.42. The molecule has 0 radical (unpaired) electrons. The summed E-state index contributed by atoms with van der Waals surface area (Å²) in [5.74, 6) is -3.92. The van der Waals surface area contributed by atoms with Gasteiger partial charge in [-0.05, 0) is 63.8 Å². The molecule has 2 fully saturated rings. The van der Waals surface area contributed by atoms with Crippen molar-refractivity contribution in [2.24, 2.45) is 0 Å². The molecule has 2 aliphatic rings. The molecule has 1 aromatic rings. The van der Waals surface area contributed by atoms with Crippen LogP contribution >= 0.6 is 0 Å². The average molecular weight is 579 g/mol. The first kappa shape index (κ1) is 35.8. The van der Waals surface area contributed by atoms with Crippen molar-refractivity contribution in [1.29, 1.82) is 0 Å². The molecule has 232 valence electrons. The van der Waals surface area contributed by atoms with Crippen molar-refractivity contribution in [3.05, 3.63) is 29.8 Å². The minimum Gasteiger partial charge on any atom is -0.539 e. The van der Waals surface area contributed by atoms with Crippen molar-refractivity contribution in [1.82, 2.24) is 9.80 Å². The number of hydrogen-bond acceptors (Lipinski definition) is 6. The normalized spacial score (nSPS) is 15.7. The van der Waals surface area contributed by atoms with E-state index in [1.54, 1.807) is 29.2 Å². The van der Waals surface area contributed by atoms with Crippen LogP contribution in [-0.4, -0.2) is 88.9 Å². The minimum absolute atomic E-state index is 0. The number of hydrogen-bond donors (Lipinski definition) is 3. The van der Waals surface area contributed by atoms with E-state index in [2.05, 4.69) is 18.7 Å². The van der Waals surface area contributed by atoms with Crippen molar-refractivity contribution in [2.75, 3.05) is 38.5 Å². The fourth-order valence-corrected chi connectivity index (χ4v) is 5.85. The van der Waals surface area contributed by atoms with E-state index in [1.165, 1.54) is 43.4 Å². The van der Waals surface area contributed by atoms with Crippen molar-refractivity contribution >= 4 is 29.4 Å². The predicted octanol–water partition coefficient (Wildman–Crippen LogP) is 0.516. The van der Waals surface area contributed by atoms with Gasteiger partial charge in [0, 0.05) is 36.3 Å². The lowest BCUT2D eigenvalue weighted by molar-refractivity contribution is -0.896. The Hall–Kier alpha value is -3.18. The van der Waals surface area contributed by atoms with E-state index >= 15 is 0 Å². The summed E-state index contributed by atoms with van der Waals surface area (Å²) in [7, 11) is 0. The van der Waals surface area contributed by atoms with Gasteiger partial charge in [-0.15, -0.1) is 0 Å². The van der Waals surface area contributed by atoms with Crippen molar-refractivity contribution in [3.8, 4) is 0 Å². The highest BCUT2D eigenvalue weighted by molar-refractivity contribution is 6.26. The Morgan fingerprint density at radius 1 is 0.902 bits per heavy atom. The van der Waals surface area contributed by atoms with Crippen molar-refractivity contribution in [3.63, 3.8) is 0 Å². The Labute approximate surface area is 244 Å². The number of benzene rings is 1. The zero-order valence-electron chi connectivity index (χ0n) is 24.7. The molecular formula is C30H50N4O7. The number of amides is 2. The predicted molar refractivity (Wildman–Crippen MR) is 155 cm³/mol. The summed E-state index contributed by atoms with van der Waals surface area (Å²) in [6.45, 7) is 8.38. The highest BCUT2D eigenvalue weighted by atomic mass is 16.4. The number of carbonyl (C=O) groups excluding carboxylic acids is 3. The van der Waals surface area contributed by atoms with Crippen molar-refractivity contribution < 1.29 is 39.8 Å². The summed E-state index contributed by atoms with van der Waals surface area (Å²) < 4.78 is 0. The van der Waals surface area contributed by atoms with Gasteiger partial charge >= 0.3 is 5.97 Å². The number of carboxylic acids is 2. The number of nitrogens with zero attached hydrogens (tertiary/aromatic N) is 2. The zero-order valence-corrected chi connectivity index (χ0v) is 24.7. The third-order valence-corrected chi connectivity index (χ3v) is 8.13. The van der Waals surface area contributed by atoms with Crippen LogP contribution in [0.25, 0.3) is 0 Å². The third-order valence-electron chi connectivity index (χ3n) is 8.13. The van der Waals surface area contributed by atoms with Crippen LogP contribution in [0, 0.1) is 0 Å². The van der Waals surface area contributed by atoms with Crippen LogP contribution in [0.2, 0.25) is 0 Å². The molecule has 2 saturated carbocycles. The van der Waals surface area contributed by atoms with Gasteiger partial charge in [0.25, 0.3) is 5.91 Å². The van der Waals surface area contributed by atoms with Crippen LogP contribution in [0.4, 0.5) is 5.69 Å². The van der Waals surface area contributed by atoms with E-state index in [0.29, 0.717) is 29.9 Å². The number of nitrogens with two attached hydrogens (primary N) is 1. The molecule has 0 aromatic heterocycles. The summed E-state index contributed by atoms with van der Waals surface area (Å²) in [4.78, 5) is 50.9. The van der Waals surface area contributed by atoms with Crippen LogP contribution in [0.5, 0.6) is 0 Å². The second kappa shape index (κ2) is 19.0. The topological polar surface area (TPSA) is 180 Å². The minimum atomic E-state index is -2.07. The molecule has 2 aliphatic carbocycles. The quantitative estimate of drug-likeness (QED) is 0.253. The van der Waals surface area contributed by atoms with E-state index in [1.807, 2.05) is 0 Å². The summed E-state index contributed by atoms with van der Waals surface area (Å²) >= 11 is 0. The molecule has 11 heteroatoms. The number of quaternary nitrogens is 1. The largest absolute Gasteiger partial charge is 0.539 e. The molecule has 0 unspecified atom stereocenters. The molecule has 0 atom stereocenters. The summed E-state index contributed by atoms with van der Waals surface area (Å²) in [5.41, 5.74) is 7.10. The van der Waals surface area contributed by atoms with Gasteiger partial charge in [-0.1, -0.05) is 38.5 Å². The van der Waals surface area contributed by atoms with Crippen LogP contribution in [0.3, 0.4) is 0 Å². The maximum Gasteiger partial charge on any atom is 0.351 e. The first-order valence-corrected chi connectivity index (χ1v) is 14.9. The molecule has 3 rings (SSSR count). The monoisotopic (exact) mass is 578 g/mol. The van der Waals surface area contributed by atoms with E-state index in [-0.39, 0.29) is 23.8 Å². The molecule has 0 saturated heterocycles. The van der Waals surface area contributed by atoms with Crippen molar-refractivity contribution in [2.45, 2.75) is 96.6 Å². The fourth-order valence-electron chi connectivity index (χ4n) is 5.85. The number of rotatable bonds is 11. The molecule has 2 amide bonds. The lowest BCUT2D eigenvalue weighted by Crippen LogP contribution is -3.11. The number of nitrogens with one attached hydrogen (secondary N) is 1. The Balaban J connectivity index is 0.00000108. The van der Waals surface area contributed by atoms with Gasteiger partial charge in [0.2, 0.25) is 5.91 Å². The number of aliphatic carboxylic acids is 2. The number of carbonyl (C=O) groups is 4. The molecule has 0 bridgehead atoms.